The van der Waals surface area contributed by atoms with Crippen molar-refractivity contribution in [3.63, 3.8) is 0 Å². The van der Waals surface area contributed by atoms with Gasteiger partial charge in [-0.25, -0.2) is 0 Å². The van der Waals surface area contributed by atoms with E-state index in [1.165, 1.54) is 0 Å². The fraction of sp³-hybridized carbons (Fsp3) is 0.250. The zero-order chi connectivity index (χ0) is 13.7. The maximum Gasteiger partial charge on any atom is 0.0773 e. The Morgan fingerprint density at radius 3 is 2.10 bits per heavy atom. The molecule has 0 saturated heterocycles. The summed E-state index contributed by atoms with van der Waals surface area (Å²) in [6.07, 6.45) is -0.478. The average Bonchev–Trinajstić information content (AvgIpc) is 2.43. The van der Waals surface area contributed by atoms with Gasteiger partial charge in [0, 0.05) is 17.5 Å². The minimum Gasteiger partial charge on any atom is -0.391 e. The number of nitrogens with one attached hydrogen (secondary N) is 1. The second kappa shape index (κ2) is 8.28. The van der Waals surface area contributed by atoms with Gasteiger partial charge in [0.05, 0.1) is 6.10 Å². The zero-order valence-corrected chi connectivity index (χ0v) is 12.9. The summed E-state index contributed by atoms with van der Waals surface area (Å²) in [5, 5.41) is 14.1. The van der Waals surface area contributed by atoms with Crippen LogP contribution in [0.25, 0.3) is 0 Å². The van der Waals surface area contributed by atoms with Crippen molar-refractivity contribution in [1.82, 2.24) is 5.32 Å². The van der Waals surface area contributed by atoms with E-state index in [2.05, 4.69) is 5.32 Å². The van der Waals surface area contributed by atoms with E-state index in [9.17, 15) is 5.11 Å². The Kier molecular flexibility index (Phi) is 7.03. The van der Waals surface area contributed by atoms with Gasteiger partial charge in [-0.05, 0) is 30.3 Å². The van der Waals surface area contributed by atoms with E-state index in [-0.39, 0.29) is 18.3 Å². The van der Waals surface area contributed by atoms with Crippen LogP contribution in [0, 0.1) is 0 Å². The predicted molar refractivity (Wildman–Crippen MR) is 86.9 cm³/mol. The third-order valence-corrected chi connectivity index (χ3v) is 3.44. The second-order valence-corrected chi connectivity index (χ2v) is 5.00. The van der Waals surface area contributed by atoms with Gasteiger partial charge in [0.2, 0.25) is 0 Å². The number of halogens is 2. The highest BCUT2D eigenvalue weighted by Crippen LogP contribution is 2.28. The van der Waals surface area contributed by atoms with Gasteiger partial charge in [0.1, 0.15) is 0 Å². The van der Waals surface area contributed by atoms with E-state index < -0.39 is 6.10 Å². The molecule has 2 unspecified atom stereocenters. The number of hydrogen-bond acceptors (Lipinski definition) is 2. The van der Waals surface area contributed by atoms with Crippen molar-refractivity contribution >= 4 is 24.0 Å². The highest BCUT2D eigenvalue weighted by molar-refractivity contribution is 6.30. The largest absolute Gasteiger partial charge is 0.391 e. The van der Waals surface area contributed by atoms with Gasteiger partial charge in [-0.1, -0.05) is 54.1 Å². The Bertz CT molecular complexity index is 502. The van der Waals surface area contributed by atoms with Crippen molar-refractivity contribution in [1.29, 1.82) is 0 Å². The molecule has 108 valence electrons. The lowest BCUT2D eigenvalue weighted by Crippen LogP contribution is -2.30. The SMILES string of the molecule is CNCC(O)C(c1ccccc1)c1ccc(Cl)cc1.Cl. The van der Waals surface area contributed by atoms with Gasteiger partial charge < -0.3 is 10.4 Å². The lowest BCUT2D eigenvalue weighted by atomic mass is 9.86. The summed E-state index contributed by atoms with van der Waals surface area (Å²) >= 11 is 5.93. The molecule has 0 fully saturated rings. The zero-order valence-electron chi connectivity index (χ0n) is 11.3. The molecule has 0 aliphatic carbocycles. The smallest absolute Gasteiger partial charge is 0.0773 e. The van der Waals surface area contributed by atoms with Crippen molar-refractivity contribution in [3.8, 4) is 0 Å². The molecular weight excluding hydrogens is 293 g/mol. The van der Waals surface area contributed by atoms with Crippen LogP contribution in [0.1, 0.15) is 17.0 Å². The molecule has 2 rings (SSSR count). The maximum absolute atomic E-state index is 10.4. The highest BCUT2D eigenvalue weighted by Gasteiger charge is 2.22. The lowest BCUT2D eigenvalue weighted by Gasteiger charge is -2.24. The van der Waals surface area contributed by atoms with Gasteiger partial charge in [-0.15, -0.1) is 12.4 Å². The van der Waals surface area contributed by atoms with Crippen molar-refractivity contribution in [2.24, 2.45) is 0 Å². The molecule has 2 aromatic carbocycles. The van der Waals surface area contributed by atoms with Crippen molar-refractivity contribution in [3.05, 3.63) is 70.7 Å². The molecule has 2 aromatic rings. The van der Waals surface area contributed by atoms with Gasteiger partial charge >= 0.3 is 0 Å². The number of likely N-dealkylation sites (N-methyl/N-ethyl adjacent to an activating group) is 1. The molecule has 0 radical (unpaired) electrons. The second-order valence-electron chi connectivity index (χ2n) is 4.56. The Hall–Kier alpha value is -1.06. The summed E-state index contributed by atoms with van der Waals surface area (Å²) in [4.78, 5) is 0. The molecule has 0 aliphatic rings. The molecule has 0 aliphatic heterocycles. The van der Waals surface area contributed by atoms with E-state index in [4.69, 9.17) is 11.6 Å². The minimum absolute atomic E-state index is 0. The average molecular weight is 312 g/mol. The fourth-order valence-electron chi connectivity index (χ4n) is 2.29. The van der Waals surface area contributed by atoms with E-state index >= 15 is 0 Å². The van der Waals surface area contributed by atoms with Crippen LogP contribution in [0.15, 0.2) is 54.6 Å². The molecule has 20 heavy (non-hydrogen) atoms. The quantitative estimate of drug-likeness (QED) is 0.886. The number of aliphatic hydroxyl groups is 1. The molecule has 0 amide bonds. The molecule has 2 nitrogen and oxygen atoms in total. The Balaban J connectivity index is 0.00000200. The Morgan fingerprint density at radius 2 is 1.55 bits per heavy atom. The van der Waals surface area contributed by atoms with Gasteiger partial charge in [-0.2, -0.15) is 0 Å². The first-order valence-electron chi connectivity index (χ1n) is 6.35. The van der Waals surface area contributed by atoms with Gasteiger partial charge in [0.15, 0.2) is 0 Å². The van der Waals surface area contributed by atoms with E-state index in [0.29, 0.717) is 11.6 Å². The van der Waals surface area contributed by atoms with Crippen LogP contribution >= 0.6 is 24.0 Å². The van der Waals surface area contributed by atoms with Crippen LogP contribution in [0.3, 0.4) is 0 Å². The Morgan fingerprint density at radius 1 is 1.00 bits per heavy atom. The molecular formula is C16H19Cl2NO. The molecule has 2 atom stereocenters. The lowest BCUT2D eigenvalue weighted by molar-refractivity contribution is 0.156. The number of rotatable bonds is 5. The molecule has 0 spiro atoms. The van der Waals surface area contributed by atoms with Crippen LogP contribution in [-0.4, -0.2) is 24.8 Å². The van der Waals surface area contributed by atoms with E-state index in [1.807, 2.05) is 61.6 Å². The van der Waals surface area contributed by atoms with Gasteiger partial charge in [0.25, 0.3) is 0 Å². The van der Waals surface area contributed by atoms with Crippen molar-refractivity contribution < 1.29 is 5.11 Å². The first-order chi connectivity index (χ1) is 9.22. The van der Waals surface area contributed by atoms with Gasteiger partial charge in [-0.3, -0.25) is 0 Å². The summed E-state index contributed by atoms with van der Waals surface area (Å²) < 4.78 is 0. The first-order valence-corrected chi connectivity index (χ1v) is 6.73. The summed E-state index contributed by atoms with van der Waals surface area (Å²) in [6.45, 7) is 0.544. The normalized spacial score (nSPS) is 13.3. The molecule has 0 bridgehead atoms. The molecule has 2 N–H and O–H groups in total. The topological polar surface area (TPSA) is 32.3 Å². The maximum atomic E-state index is 10.4. The molecule has 4 heteroatoms. The fourth-order valence-corrected chi connectivity index (χ4v) is 2.42. The van der Waals surface area contributed by atoms with Crippen molar-refractivity contribution in [2.75, 3.05) is 13.6 Å². The van der Waals surface area contributed by atoms with E-state index in [0.717, 1.165) is 11.1 Å². The minimum atomic E-state index is -0.478. The summed E-state index contributed by atoms with van der Waals surface area (Å²) in [5.74, 6) is -0.0501. The van der Waals surface area contributed by atoms with E-state index in [1.54, 1.807) is 0 Å². The number of benzene rings is 2. The van der Waals surface area contributed by atoms with Crippen LogP contribution in [0.4, 0.5) is 0 Å². The highest BCUT2D eigenvalue weighted by atomic mass is 35.5. The molecule has 0 aromatic heterocycles. The summed E-state index contributed by atoms with van der Waals surface area (Å²) in [6, 6.07) is 17.7. The number of aliphatic hydroxyl groups excluding tert-OH is 1. The number of hydrogen-bond donors (Lipinski definition) is 2. The third-order valence-electron chi connectivity index (χ3n) is 3.19. The van der Waals surface area contributed by atoms with Crippen LogP contribution < -0.4 is 5.32 Å². The van der Waals surface area contributed by atoms with Crippen LogP contribution in [0.2, 0.25) is 5.02 Å². The van der Waals surface area contributed by atoms with Crippen LogP contribution in [-0.2, 0) is 0 Å². The molecule has 0 heterocycles. The first kappa shape index (κ1) is 17.0. The summed E-state index contributed by atoms with van der Waals surface area (Å²) in [7, 11) is 1.84. The third kappa shape index (κ3) is 4.22. The van der Waals surface area contributed by atoms with Crippen molar-refractivity contribution in [2.45, 2.75) is 12.0 Å². The molecule has 0 saturated carbocycles. The monoisotopic (exact) mass is 311 g/mol. The Labute approximate surface area is 131 Å². The predicted octanol–water partition coefficient (Wildman–Crippen LogP) is 3.47. The van der Waals surface area contributed by atoms with Crippen LogP contribution in [0.5, 0.6) is 0 Å². The summed E-state index contributed by atoms with van der Waals surface area (Å²) in [5.41, 5.74) is 2.17. The standard InChI is InChI=1S/C16H18ClNO.ClH/c1-18-11-15(19)16(12-5-3-2-4-6-12)13-7-9-14(17)10-8-13;/h2-10,15-16,18-19H,11H2,1H3;1H.